The van der Waals surface area contributed by atoms with Gasteiger partial charge in [-0.1, -0.05) is 45.3 Å². The molecule has 33 heteroatoms. The summed E-state index contributed by atoms with van der Waals surface area (Å²) in [6, 6.07) is -10.6. The first kappa shape index (κ1) is 84.7. The van der Waals surface area contributed by atoms with Gasteiger partial charge in [-0.25, -0.2) is 17.6 Å². The van der Waals surface area contributed by atoms with Crippen LogP contribution in [-0.4, -0.2) is 282 Å². The van der Waals surface area contributed by atoms with Crippen molar-refractivity contribution < 1.29 is 93.0 Å². The van der Waals surface area contributed by atoms with Crippen LogP contribution >= 0.6 is 11.8 Å². The molecule has 3 saturated carbocycles. The molecule has 105 heavy (non-hydrogen) atoms. The van der Waals surface area contributed by atoms with Gasteiger partial charge >= 0.3 is 6.18 Å². The van der Waals surface area contributed by atoms with Crippen LogP contribution in [0.3, 0.4) is 0 Å². The zero-order valence-corrected chi connectivity index (χ0v) is 63.1. The number of fused-ring (bicyclic) bond motifs is 3. The highest BCUT2D eigenvalue weighted by molar-refractivity contribution is 7.98. The minimum atomic E-state index is -5.44. The standard InChI is InChI=1S/C72H105F7N12O13S/c1-13-42(3)59-67(101)85(7)40-57(94)86(8)50-23-16-15-19-32-90(66(50)100)53(35-43-26-30-71(75,76)31-27-43)65(99)84(6)39-55(92)80-49(25-24-44-33-47(73)58(48(74)34-44)72(77,78)79)63(97)91-38-46(104-14-2)36-51(91)62(96)82-70(28-20-29-70)69(103)89(11)60(45-21-17-18-22-45)68(102)88(10)52(64(98)83(4)5)37-56(93)87(9)54(41-105-12)61(95)81-59/h15-16,33-34,42-43,45-46,49-54,59-60H,13-14,17-32,35-41H2,1-12H3,(H,80,92)(H,81,95)(H,82,96)/b16-15-/t42-,46+,49-,50-,51-,52-,53-,54-,59-,60-/m0/s1. The molecule has 10 atom stereocenters. The van der Waals surface area contributed by atoms with Crippen LogP contribution < -0.4 is 16.0 Å². The second kappa shape index (κ2) is 36.3. The molecule has 2 saturated heterocycles. The molecule has 0 radical (unpaired) electrons. The average molecular weight is 1510 g/mol. The molecule has 12 amide bonds. The van der Waals surface area contributed by atoms with E-state index in [1.807, 2.05) is 0 Å². The summed E-state index contributed by atoms with van der Waals surface area (Å²) in [5, 5.41) is 8.31. The second-order valence-corrected chi connectivity index (χ2v) is 30.4. The van der Waals surface area contributed by atoms with Crippen LogP contribution in [0.15, 0.2) is 24.3 Å². The highest BCUT2D eigenvalue weighted by Gasteiger charge is 2.54. The Labute approximate surface area is 614 Å². The Kier molecular flexibility index (Phi) is 29.3. The zero-order valence-electron chi connectivity index (χ0n) is 62.3. The molecule has 586 valence electrons. The Balaban J connectivity index is 1.33. The first-order valence-corrected chi connectivity index (χ1v) is 37.7. The van der Waals surface area contributed by atoms with E-state index < -0.39 is 223 Å². The quantitative estimate of drug-likeness (QED) is 0.173. The molecule has 25 nitrogen and oxygen atoms in total. The average Bonchev–Trinajstić information content (AvgIpc) is 1.60. The largest absolute Gasteiger partial charge is 0.422 e. The maximum Gasteiger partial charge on any atom is 0.422 e. The fourth-order valence-electron chi connectivity index (χ4n) is 15.3. The van der Waals surface area contributed by atoms with Crippen molar-refractivity contribution in [3.63, 3.8) is 0 Å². The highest BCUT2D eigenvalue weighted by atomic mass is 32.2. The number of nitrogens with one attached hydrogen (secondary N) is 3. The van der Waals surface area contributed by atoms with Crippen molar-refractivity contribution in [2.24, 2.45) is 17.8 Å². The molecule has 5 fully saturated rings. The molecule has 3 aliphatic carbocycles. The van der Waals surface area contributed by atoms with Crippen LogP contribution in [0.25, 0.3) is 0 Å². The lowest BCUT2D eigenvalue weighted by atomic mass is 9.74. The number of rotatable bonds is 13. The molecular formula is C72H105F7N12O13S. The zero-order chi connectivity index (χ0) is 77.9. The number of amides is 12. The highest BCUT2D eigenvalue weighted by Crippen LogP contribution is 2.41. The van der Waals surface area contributed by atoms with Gasteiger partial charge in [-0.2, -0.15) is 24.9 Å². The smallest absolute Gasteiger partial charge is 0.377 e. The molecule has 6 aliphatic rings. The number of hydrogen-bond acceptors (Lipinski definition) is 14. The number of thioether (sulfide) groups is 1. The SMILES string of the molecule is CCO[C@@H]1C[C@H]2C(=O)NC3(CCC3)C(=O)N(C)[C@@H](C3CCCC3)C(=O)N(C)[C@H](C(=O)N(C)C)CC(=O)N(C)[C@@H](CSC)C(=O)N[C@@H]([C@@H](C)CC)C(=O)N(C)CC(=O)N(C)[C@H]3C/C=C\CCN(C3=O)[C@@H](CC3CCC(F)(F)CC3)C(=O)N(C)CC(=O)N[C@@H](CCc3cc(F)c(C(F)(F)F)c(F)c3)C(=O)N2C1. The predicted molar refractivity (Wildman–Crippen MR) is 374 cm³/mol. The number of aryl methyl sites for hydroxylation is 1. The number of carbonyl (C=O) groups excluding carboxylic acids is 12. The summed E-state index contributed by atoms with van der Waals surface area (Å²) in [5.41, 5.74) is -4.24. The number of hydrogen-bond donors (Lipinski definition) is 3. The molecule has 1 aromatic carbocycles. The van der Waals surface area contributed by atoms with E-state index in [4.69, 9.17) is 4.74 Å². The van der Waals surface area contributed by atoms with E-state index in [9.17, 15) is 50.7 Å². The van der Waals surface area contributed by atoms with Crippen LogP contribution in [0.5, 0.6) is 0 Å². The lowest BCUT2D eigenvalue weighted by Gasteiger charge is -2.46. The van der Waals surface area contributed by atoms with Gasteiger partial charge in [0.25, 0.3) is 0 Å². The fraction of sp³-hybridized carbons (Fsp3) is 0.722. The van der Waals surface area contributed by atoms with Gasteiger partial charge in [-0.15, -0.1) is 0 Å². The summed E-state index contributed by atoms with van der Waals surface area (Å²) in [5.74, 6) is -18.2. The van der Waals surface area contributed by atoms with Crippen LogP contribution in [0.2, 0.25) is 0 Å². The lowest BCUT2D eigenvalue weighted by Crippen LogP contribution is -2.68. The van der Waals surface area contributed by atoms with E-state index in [1.165, 1.54) is 82.8 Å². The van der Waals surface area contributed by atoms with Gasteiger partial charge in [0, 0.05) is 101 Å². The van der Waals surface area contributed by atoms with E-state index >= 15 is 37.5 Å². The van der Waals surface area contributed by atoms with Crippen molar-refractivity contribution in [2.75, 3.05) is 101 Å². The third-order valence-electron chi connectivity index (χ3n) is 22.0. The number of likely N-dealkylation sites (N-methyl/N-ethyl adjacent to an activating group) is 7. The summed E-state index contributed by atoms with van der Waals surface area (Å²) in [6.45, 7) is 3.23. The first-order chi connectivity index (χ1) is 49.3. The van der Waals surface area contributed by atoms with Crippen molar-refractivity contribution in [3.8, 4) is 0 Å². The summed E-state index contributed by atoms with van der Waals surface area (Å²) in [7, 11) is 10.8. The van der Waals surface area contributed by atoms with Gasteiger partial charge in [0.15, 0.2) is 0 Å². The van der Waals surface area contributed by atoms with Crippen molar-refractivity contribution in [3.05, 3.63) is 47.0 Å². The number of benzene rings is 1. The number of nitrogens with zero attached hydrogens (tertiary/aromatic N) is 9. The molecule has 2 bridgehead atoms. The van der Waals surface area contributed by atoms with Gasteiger partial charge < -0.3 is 64.8 Å². The molecule has 7 rings (SSSR count). The molecular weight excluding hydrogens is 1410 g/mol. The van der Waals surface area contributed by atoms with E-state index in [2.05, 4.69) is 16.0 Å². The second-order valence-electron chi connectivity index (χ2n) is 29.5. The molecule has 0 aromatic heterocycles. The number of ether oxygens (including phenoxy) is 1. The van der Waals surface area contributed by atoms with Gasteiger partial charge in [0.2, 0.25) is 76.8 Å². The van der Waals surface area contributed by atoms with E-state index in [1.54, 1.807) is 39.2 Å². The minimum absolute atomic E-state index is 0.00986. The van der Waals surface area contributed by atoms with E-state index in [-0.39, 0.29) is 82.4 Å². The van der Waals surface area contributed by atoms with Crippen molar-refractivity contribution in [1.29, 1.82) is 0 Å². The van der Waals surface area contributed by atoms with Crippen molar-refractivity contribution in [2.45, 2.75) is 215 Å². The summed E-state index contributed by atoms with van der Waals surface area (Å²) >= 11 is 1.20. The molecule has 0 unspecified atom stereocenters. The minimum Gasteiger partial charge on any atom is -0.377 e. The van der Waals surface area contributed by atoms with Gasteiger partial charge in [-0.05, 0) is 126 Å². The first-order valence-electron chi connectivity index (χ1n) is 36.3. The third-order valence-corrected chi connectivity index (χ3v) is 22.7. The van der Waals surface area contributed by atoms with Crippen LogP contribution in [-0.2, 0) is 74.9 Å². The van der Waals surface area contributed by atoms with Crippen LogP contribution in [0.4, 0.5) is 30.7 Å². The predicted octanol–water partition coefficient (Wildman–Crippen LogP) is 5.01. The third kappa shape index (κ3) is 20.4. The fourth-order valence-corrected chi connectivity index (χ4v) is 16.0. The topological polar surface area (TPSA) is 279 Å². The maximum atomic E-state index is 15.5. The Morgan fingerprint density at radius 2 is 1.34 bits per heavy atom. The Morgan fingerprint density at radius 3 is 1.91 bits per heavy atom. The lowest BCUT2D eigenvalue weighted by molar-refractivity contribution is -0.157. The maximum absolute atomic E-state index is 15.5. The Morgan fingerprint density at radius 1 is 0.714 bits per heavy atom. The van der Waals surface area contributed by atoms with Crippen LogP contribution in [0.1, 0.15) is 147 Å². The molecule has 3 heterocycles. The Bertz CT molecular complexity index is 3360. The van der Waals surface area contributed by atoms with Crippen LogP contribution in [0, 0.1) is 29.4 Å². The monoisotopic (exact) mass is 1510 g/mol. The van der Waals surface area contributed by atoms with E-state index in [0.717, 1.165) is 29.4 Å². The number of alkyl halides is 5. The molecule has 3 aliphatic heterocycles. The Hall–Kier alpha value is -7.58. The van der Waals surface area contributed by atoms with Gasteiger partial charge in [0.05, 0.1) is 25.6 Å². The molecule has 1 spiro atoms. The summed E-state index contributed by atoms with van der Waals surface area (Å²) < 4.78 is 107. The molecule has 1 aromatic rings. The number of halogens is 7. The summed E-state index contributed by atoms with van der Waals surface area (Å²) in [4.78, 5) is 190. The van der Waals surface area contributed by atoms with Crippen molar-refractivity contribution in [1.82, 2.24) is 60.0 Å². The summed E-state index contributed by atoms with van der Waals surface area (Å²) in [6.07, 6.45) is -1.33. The molecule has 3 N–H and O–H groups in total. The van der Waals surface area contributed by atoms with Gasteiger partial charge in [-0.3, -0.25) is 57.5 Å². The van der Waals surface area contributed by atoms with E-state index in [0.29, 0.717) is 50.7 Å². The van der Waals surface area contributed by atoms with Gasteiger partial charge in [0.1, 0.15) is 71.1 Å². The van der Waals surface area contributed by atoms with Crippen molar-refractivity contribution >= 4 is 82.6 Å². The number of carbonyl (C=O) groups is 12. The normalized spacial score (nSPS) is 27.9.